The first-order chi connectivity index (χ1) is 7.88. The second kappa shape index (κ2) is 5.71. The summed E-state index contributed by atoms with van der Waals surface area (Å²) < 4.78 is 5.40. The molecule has 0 bridgehead atoms. The highest BCUT2D eigenvalue weighted by atomic mass is 16.5. The molecule has 86 valence electrons. The highest BCUT2D eigenvalue weighted by Gasteiger charge is 2.09. The maximum atomic E-state index is 5.40. The number of hydrogen-bond donors (Lipinski definition) is 1. The quantitative estimate of drug-likeness (QED) is 0.837. The molecule has 1 aliphatic rings. The van der Waals surface area contributed by atoms with Gasteiger partial charge in [-0.1, -0.05) is 24.3 Å². The van der Waals surface area contributed by atoms with Crippen LogP contribution in [0.3, 0.4) is 0 Å². The first kappa shape index (κ1) is 11.2. The summed E-state index contributed by atoms with van der Waals surface area (Å²) in [4.78, 5) is 0. The van der Waals surface area contributed by atoms with Gasteiger partial charge in [0.2, 0.25) is 0 Å². The van der Waals surface area contributed by atoms with Gasteiger partial charge in [-0.2, -0.15) is 0 Å². The Labute approximate surface area is 97.3 Å². The van der Waals surface area contributed by atoms with Crippen molar-refractivity contribution in [3.63, 3.8) is 0 Å². The lowest BCUT2D eigenvalue weighted by atomic mass is 10.1. The van der Waals surface area contributed by atoms with E-state index in [0.717, 1.165) is 18.9 Å². The smallest absolute Gasteiger partial charge is 0.119 e. The summed E-state index contributed by atoms with van der Waals surface area (Å²) in [5.41, 5.74) is 1.23. The van der Waals surface area contributed by atoms with E-state index in [1.54, 1.807) is 0 Å². The zero-order valence-electron chi connectivity index (χ0n) is 9.78. The molecule has 1 unspecified atom stereocenters. The van der Waals surface area contributed by atoms with Crippen molar-refractivity contribution in [2.24, 2.45) is 0 Å². The van der Waals surface area contributed by atoms with Crippen LogP contribution in [0.5, 0.6) is 5.75 Å². The van der Waals surface area contributed by atoms with E-state index in [-0.39, 0.29) is 0 Å². The molecule has 0 radical (unpaired) electrons. The molecule has 1 heterocycles. The van der Waals surface area contributed by atoms with Crippen LogP contribution in [0.4, 0.5) is 0 Å². The molecule has 1 aromatic carbocycles. The summed E-state index contributed by atoms with van der Waals surface area (Å²) in [7, 11) is 0. The van der Waals surface area contributed by atoms with Crippen molar-refractivity contribution >= 4 is 6.08 Å². The van der Waals surface area contributed by atoms with E-state index in [0.29, 0.717) is 6.04 Å². The molecule has 0 aliphatic carbocycles. The summed E-state index contributed by atoms with van der Waals surface area (Å²) >= 11 is 0. The van der Waals surface area contributed by atoms with Crippen LogP contribution in [0, 0.1) is 0 Å². The Bertz CT molecular complexity index is 336. The van der Waals surface area contributed by atoms with Gasteiger partial charge in [0.1, 0.15) is 5.75 Å². The van der Waals surface area contributed by atoms with Crippen LogP contribution in [0.1, 0.15) is 25.3 Å². The lowest BCUT2D eigenvalue weighted by molar-refractivity contribution is 0.340. The average molecular weight is 217 g/mol. The monoisotopic (exact) mass is 217 g/mol. The molecule has 1 aromatic rings. The van der Waals surface area contributed by atoms with Crippen molar-refractivity contribution in [1.29, 1.82) is 0 Å². The normalized spacial score (nSPS) is 20.4. The minimum Gasteiger partial charge on any atom is -0.494 e. The van der Waals surface area contributed by atoms with Crippen molar-refractivity contribution in [2.45, 2.75) is 25.8 Å². The molecule has 1 aliphatic heterocycles. The molecule has 1 saturated heterocycles. The second-order valence-corrected chi connectivity index (χ2v) is 4.06. The summed E-state index contributed by atoms with van der Waals surface area (Å²) in [5.74, 6) is 0.943. The maximum absolute atomic E-state index is 5.40. The van der Waals surface area contributed by atoms with Gasteiger partial charge in [-0.3, -0.25) is 0 Å². The van der Waals surface area contributed by atoms with Gasteiger partial charge in [0, 0.05) is 6.04 Å². The van der Waals surface area contributed by atoms with E-state index in [1.165, 1.54) is 18.4 Å². The Kier molecular flexibility index (Phi) is 4.00. The Balaban J connectivity index is 1.93. The molecule has 1 fully saturated rings. The summed E-state index contributed by atoms with van der Waals surface area (Å²) in [6.45, 7) is 3.87. The van der Waals surface area contributed by atoms with Crippen LogP contribution < -0.4 is 10.1 Å². The maximum Gasteiger partial charge on any atom is 0.119 e. The molecule has 2 nitrogen and oxygen atoms in total. The van der Waals surface area contributed by atoms with Gasteiger partial charge < -0.3 is 10.1 Å². The molecule has 0 spiro atoms. The number of benzene rings is 1. The molecular weight excluding hydrogens is 198 g/mol. The number of rotatable bonds is 4. The average Bonchev–Trinajstić information content (AvgIpc) is 2.82. The summed E-state index contributed by atoms with van der Waals surface area (Å²) in [6, 6.07) is 8.79. The van der Waals surface area contributed by atoms with Gasteiger partial charge in [-0.05, 0) is 44.0 Å². The van der Waals surface area contributed by atoms with Crippen molar-refractivity contribution in [1.82, 2.24) is 5.32 Å². The predicted octanol–water partition coefficient (Wildman–Crippen LogP) is 2.85. The van der Waals surface area contributed by atoms with Gasteiger partial charge in [-0.25, -0.2) is 0 Å². The highest BCUT2D eigenvalue weighted by molar-refractivity contribution is 5.51. The SMILES string of the molecule is CCOc1ccc(/C=C/C2CCCN2)cc1. The fourth-order valence-electron chi connectivity index (χ4n) is 1.94. The zero-order valence-corrected chi connectivity index (χ0v) is 9.78. The van der Waals surface area contributed by atoms with Crippen LogP contribution in [0.25, 0.3) is 6.08 Å². The fraction of sp³-hybridized carbons (Fsp3) is 0.429. The van der Waals surface area contributed by atoms with E-state index in [2.05, 4.69) is 29.6 Å². The molecule has 2 heteroatoms. The molecule has 2 rings (SSSR count). The Morgan fingerprint density at radius 1 is 1.38 bits per heavy atom. The minimum absolute atomic E-state index is 0.562. The van der Waals surface area contributed by atoms with E-state index < -0.39 is 0 Å². The lowest BCUT2D eigenvalue weighted by Crippen LogP contribution is -2.17. The van der Waals surface area contributed by atoms with Gasteiger partial charge >= 0.3 is 0 Å². The minimum atomic E-state index is 0.562. The second-order valence-electron chi connectivity index (χ2n) is 4.06. The standard InChI is InChI=1S/C14H19NO/c1-2-16-14-9-6-12(7-10-14)5-8-13-4-3-11-15-13/h5-10,13,15H,2-4,11H2,1H3/b8-5+. The van der Waals surface area contributed by atoms with Crippen LogP contribution in [-0.4, -0.2) is 19.2 Å². The Hall–Kier alpha value is -1.28. The number of ether oxygens (including phenoxy) is 1. The van der Waals surface area contributed by atoms with Crippen LogP contribution >= 0.6 is 0 Å². The summed E-state index contributed by atoms with van der Waals surface area (Å²) in [6.07, 6.45) is 6.98. The third-order valence-electron chi connectivity index (χ3n) is 2.81. The van der Waals surface area contributed by atoms with Crippen molar-refractivity contribution in [2.75, 3.05) is 13.2 Å². The van der Waals surface area contributed by atoms with E-state index in [9.17, 15) is 0 Å². The Morgan fingerprint density at radius 3 is 2.81 bits per heavy atom. The van der Waals surface area contributed by atoms with Gasteiger partial charge in [0.05, 0.1) is 6.61 Å². The third-order valence-corrected chi connectivity index (χ3v) is 2.81. The molecule has 1 atom stereocenters. The summed E-state index contributed by atoms with van der Waals surface area (Å²) in [5, 5.41) is 3.45. The number of nitrogens with one attached hydrogen (secondary N) is 1. The third kappa shape index (κ3) is 3.11. The zero-order chi connectivity index (χ0) is 11.2. The highest BCUT2D eigenvalue weighted by Crippen LogP contribution is 2.14. The van der Waals surface area contributed by atoms with Crippen molar-refractivity contribution in [3.8, 4) is 5.75 Å². The van der Waals surface area contributed by atoms with Gasteiger partial charge in [0.15, 0.2) is 0 Å². The Morgan fingerprint density at radius 2 is 2.19 bits per heavy atom. The topological polar surface area (TPSA) is 21.3 Å². The first-order valence-electron chi connectivity index (χ1n) is 6.03. The van der Waals surface area contributed by atoms with Crippen molar-refractivity contribution in [3.05, 3.63) is 35.9 Å². The van der Waals surface area contributed by atoms with Crippen LogP contribution in [0.15, 0.2) is 30.3 Å². The van der Waals surface area contributed by atoms with Crippen LogP contribution in [-0.2, 0) is 0 Å². The molecule has 0 amide bonds. The van der Waals surface area contributed by atoms with Crippen molar-refractivity contribution < 1.29 is 4.74 Å². The number of hydrogen-bond acceptors (Lipinski definition) is 2. The van der Waals surface area contributed by atoms with Gasteiger partial charge in [0.25, 0.3) is 0 Å². The molecule has 0 saturated carbocycles. The molecule has 0 aromatic heterocycles. The lowest BCUT2D eigenvalue weighted by Gasteiger charge is -2.04. The predicted molar refractivity (Wildman–Crippen MR) is 67.7 cm³/mol. The van der Waals surface area contributed by atoms with Gasteiger partial charge in [-0.15, -0.1) is 0 Å². The molecule has 1 N–H and O–H groups in total. The fourth-order valence-corrected chi connectivity index (χ4v) is 1.94. The molecule has 16 heavy (non-hydrogen) atoms. The van der Waals surface area contributed by atoms with Crippen LogP contribution in [0.2, 0.25) is 0 Å². The van der Waals surface area contributed by atoms with E-state index >= 15 is 0 Å². The molecular formula is C14H19NO. The van der Waals surface area contributed by atoms with E-state index in [4.69, 9.17) is 4.74 Å². The first-order valence-corrected chi connectivity index (χ1v) is 6.03. The largest absolute Gasteiger partial charge is 0.494 e. The van der Waals surface area contributed by atoms with E-state index in [1.807, 2.05) is 19.1 Å².